The Balaban J connectivity index is 1.77. The minimum absolute atomic E-state index is 0.0746. The molecule has 1 aromatic rings. The standard InChI is InChI=1S/C18H23F2NO7S/c1-29(24,25)27-10-14-6-13(8-21(14)18(22)23)12-4-5-15(28-17(19)20)16(7-12)26-9-11-2-3-11/h4-5,7,11,13-14,17H,2-3,6,8-10H2,1H3,(H,22,23)/t13-,14+/m0/s1. The van der Waals surface area contributed by atoms with E-state index in [-0.39, 0.29) is 30.6 Å². The van der Waals surface area contributed by atoms with Crippen molar-refractivity contribution in [3.8, 4) is 11.5 Å². The van der Waals surface area contributed by atoms with Gasteiger partial charge >= 0.3 is 12.7 Å². The van der Waals surface area contributed by atoms with E-state index in [0.717, 1.165) is 24.0 Å². The molecular weight excluding hydrogens is 412 g/mol. The van der Waals surface area contributed by atoms with Gasteiger partial charge in [-0.15, -0.1) is 0 Å². The van der Waals surface area contributed by atoms with Crippen LogP contribution in [0.25, 0.3) is 0 Å². The lowest BCUT2D eigenvalue weighted by molar-refractivity contribution is -0.0515. The number of carboxylic acid groups (broad SMARTS) is 1. The van der Waals surface area contributed by atoms with Crippen LogP contribution in [0.5, 0.6) is 11.5 Å². The van der Waals surface area contributed by atoms with Crippen LogP contribution >= 0.6 is 0 Å². The molecule has 0 unspecified atom stereocenters. The Morgan fingerprint density at radius 1 is 1.28 bits per heavy atom. The first-order valence-electron chi connectivity index (χ1n) is 9.18. The van der Waals surface area contributed by atoms with Gasteiger partial charge in [0.2, 0.25) is 0 Å². The van der Waals surface area contributed by atoms with Gasteiger partial charge in [-0.25, -0.2) is 4.79 Å². The fraction of sp³-hybridized carbons (Fsp3) is 0.611. The summed E-state index contributed by atoms with van der Waals surface area (Å²) in [5.41, 5.74) is 0.700. The average Bonchev–Trinajstić information content (AvgIpc) is 3.34. The molecule has 1 aliphatic carbocycles. The predicted octanol–water partition coefficient (Wildman–Crippen LogP) is 2.89. The van der Waals surface area contributed by atoms with Gasteiger partial charge in [-0.2, -0.15) is 17.2 Å². The second-order valence-corrected chi connectivity index (χ2v) is 8.99. The number of halogens is 2. The molecule has 1 N–H and O–H groups in total. The highest BCUT2D eigenvalue weighted by molar-refractivity contribution is 7.85. The summed E-state index contributed by atoms with van der Waals surface area (Å²) < 4.78 is 62.8. The van der Waals surface area contributed by atoms with Gasteiger partial charge in [0.1, 0.15) is 0 Å². The Kier molecular flexibility index (Phi) is 6.47. The third-order valence-electron chi connectivity index (χ3n) is 4.96. The number of amides is 1. The molecule has 29 heavy (non-hydrogen) atoms. The molecule has 1 saturated carbocycles. The van der Waals surface area contributed by atoms with Crippen LogP contribution in [0.1, 0.15) is 30.7 Å². The van der Waals surface area contributed by atoms with E-state index < -0.39 is 28.9 Å². The smallest absolute Gasteiger partial charge is 0.407 e. The molecule has 1 saturated heterocycles. The largest absolute Gasteiger partial charge is 0.489 e. The van der Waals surface area contributed by atoms with E-state index in [1.165, 1.54) is 6.07 Å². The fourth-order valence-corrected chi connectivity index (χ4v) is 3.73. The van der Waals surface area contributed by atoms with Crippen molar-refractivity contribution in [1.82, 2.24) is 4.90 Å². The summed E-state index contributed by atoms with van der Waals surface area (Å²) in [6.07, 6.45) is 2.11. The van der Waals surface area contributed by atoms with Gasteiger partial charge in [0.05, 0.1) is 25.5 Å². The normalized spacial score (nSPS) is 22.1. The summed E-state index contributed by atoms with van der Waals surface area (Å²) in [5, 5.41) is 9.42. The second-order valence-electron chi connectivity index (χ2n) is 7.35. The van der Waals surface area contributed by atoms with E-state index in [1.807, 2.05) is 0 Å². The van der Waals surface area contributed by atoms with E-state index in [4.69, 9.17) is 8.92 Å². The number of nitrogens with zero attached hydrogens (tertiary/aromatic N) is 1. The molecule has 0 aromatic heterocycles. The molecule has 1 aliphatic heterocycles. The first-order valence-corrected chi connectivity index (χ1v) is 11.0. The molecule has 2 fully saturated rings. The van der Waals surface area contributed by atoms with E-state index in [0.29, 0.717) is 24.5 Å². The lowest BCUT2D eigenvalue weighted by Gasteiger charge is -2.20. The SMILES string of the molecule is CS(=O)(=O)OC[C@H]1C[C@H](c2ccc(OC(F)F)c(OCC3CC3)c2)CN1C(=O)O. The predicted molar refractivity (Wildman–Crippen MR) is 98.0 cm³/mol. The number of alkyl halides is 2. The van der Waals surface area contributed by atoms with Crippen LogP contribution in [0.4, 0.5) is 13.6 Å². The lowest BCUT2D eigenvalue weighted by atomic mass is 9.96. The topological polar surface area (TPSA) is 102 Å². The molecule has 0 radical (unpaired) electrons. The maximum Gasteiger partial charge on any atom is 0.407 e. The van der Waals surface area contributed by atoms with Crippen molar-refractivity contribution in [3.63, 3.8) is 0 Å². The van der Waals surface area contributed by atoms with Crippen LogP contribution in [0.3, 0.4) is 0 Å². The number of rotatable bonds is 9. The summed E-state index contributed by atoms with van der Waals surface area (Å²) in [6, 6.07) is 3.92. The molecule has 8 nitrogen and oxygen atoms in total. The Hall–Kier alpha value is -2.14. The number of hydrogen-bond donors (Lipinski definition) is 1. The molecule has 1 amide bonds. The third kappa shape index (κ3) is 6.17. The minimum atomic E-state index is -3.70. The fourth-order valence-electron chi connectivity index (χ4n) is 3.33. The van der Waals surface area contributed by atoms with Crippen LogP contribution in [0.2, 0.25) is 0 Å². The van der Waals surface area contributed by atoms with E-state index in [2.05, 4.69) is 4.74 Å². The lowest BCUT2D eigenvalue weighted by Crippen LogP contribution is -2.37. The summed E-state index contributed by atoms with van der Waals surface area (Å²) in [5.74, 6) is 0.259. The maximum atomic E-state index is 12.7. The van der Waals surface area contributed by atoms with Crippen LogP contribution < -0.4 is 9.47 Å². The zero-order valence-electron chi connectivity index (χ0n) is 15.8. The molecule has 1 heterocycles. The average molecular weight is 435 g/mol. The number of likely N-dealkylation sites (tertiary alicyclic amines) is 1. The van der Waals surface area contributed by atoms with Crippen LogP contribution in [-0.4, -0.2) is 63.2 Å². The van der Waals surface area contributed by atoms with Crippen molar-refractivity contribution in [2.45, 2.75) is 37.8 Å². The third-order valence-corrected chi connectivity index (χ3v) is 5.53. The van der Waals surface area contributed by atoms with E-state index in [9.17, 15) is 27.1 Å². The van der Waals surface area contributed by atoms with Crippen LogP contribution in [0.15, 0.2) is 18.2 Å². The Morgan fingerprint density at radius 2 is 2.00 bits per heavy atom. The first-order chi connectivity index (χ1) is 13.6. The molecule has 162 valence electrons. The second kappa shape index (κ2) is 8.70. The molecule has 3 rings (SSSR count). The van der Waals surface area contributed by atoms with Gasteiger partial charge in [0.25, 0.3) is 10.1 Å². The van der Waals surface area contributed by atoms with Gasteiger partial charge in [0.15, 0.2) is 11.5 Å². The molecular formula is C18H23F2NO7S. The van der Waals surface area contributed by atoms with Crippen molar-refractivity contribution in [2.75, 3.05) is 26.0 Å². The highest BCUT2D eigenvalue weighted by Gasteiger charge is 2.37. The molecule has 2 atom stereocenters. The van der Waals surface area contributed by atoms with Gasteiger partial charge in [0, 0.05) is 12.5 Å². The van der Waals surface area contributed by atoms with E-state index >= 15 is 0 Å². The molecule has 0 bridgehead atoms. The number of ether oxygens (including phenoxy) is 2. The number of carbonyl (C=O) groups is 1. The van der Waals surface area contributed by atoms with Gasteiger partial charge in [-0.1, -0.05) is 6.07 Å². The van der Waals surface area contributed by atoms with Gasteiger partial charge in [-0.05, 0) is 42.9 Å². The summed E-state index contributed by atoms with van der Waals surface area (Å²) in [7, 11) is -3.70. The van der Waals surface area contributed by atoms with Gasteiger partial charge in [-0.3, -0.25) is 4.18 Å². The highest BCUT2D eigenvalue weighted by atomic mass is 32.2. The summed E-state index contributed by atoms with van der Waals surface area (Å²) in [4.78, 5) is 12.7. The monoisotopic (exact) mass is 435 g/mol. The number of benzene rings is 1. The molecule has 0 spiro atoms. The Morgan fingerprint density at radius 3 is 2.59 bits per heavy atom. The highest BCUT2D eigenvalue weighted by Crippen LogP contribution is 2.38. The quantitative estimate of drug-likeness (QED) is 0.595. The Bertz CT molecular complexity index is 845. The van der Waals surface area contributed by atoms with Crippen LogP contribution in [-0.2, 0) is 14.3 Å². The zero-order valence-corrected chi connectivity index (χ0v) is 16.6. The van der Waals surface area contributed by atoms with Crippen molar-refractivity contribution in [2.24, 2.45) is 5.92 Å². The first kappa shape index (κ1) is 21.6. The van der Waals surface area contributed by atoms with Crippen molar-refractivity contribution < 1.29 is 40.8 Å². The van der Waals surface area contributed by atoms with Crippen molar-refractivity contribution in [3.05, 3.63) is 23.8 Å². The summed E-state index contributed by atoms with van der Waals surface area (Å²) >= 11 is 0. The number of hydrogen-bond acceptors (Lipinski definition) is 6. The molecule has 1 aromatic carbocycles. The zero-order chi connectivity index (χ0) is 21.2. The van der Waals surface area contributed by atoms with Gasteiger partial charge < -0.3 is 19.5 Å². The minimum Gasteiger partial charge on any atom is -0.489 e. The van der Waals surface area contributed by atoms with Crippen molar-refractivity contribution >= 4 is 16.2 Å². The van der Waals surface area contributed by atoms with E-state index in [1.54, 1.807) is 12.1 Å². The van der Waals surface area contributed by atoms with Crippen molar-refractivity contribution in [1.29, 1.82) is 0 Å². The summed E-state index contributed by atoms with van der Waals surface area (Å²) in [6.45, 7) is -2.74. The van der Waals surface area contributed by atoms with Crippen LogP contribution in [0, 0.1) is 5.92 Å². The maximum absolute atomic E-state index is 12.7. The Labute approximate surface area is 167 Å². The molecule has 11 heteroatoms. The molecule has 2 aliphatic rings.